The molecule has 1 N–H and O–H groups in total. The number of thiophene rings is 1. The Kier molecular flexibility index (Phi) is 3.71. The molecule has 1 saturated carbocycles. The molecule has 0 spiro atoms. The van der Waals surface area contributed by atoms with Gasteiger partial charge in [0, 0.05) is 13.6 Å². The van der Waals surface area contributed by atoms with Crippen LogP contribution in [0, 0.1) is 5.92 Å². The lowest BCUT2D eigenvalue weighted by atomic mass is 10.1. The maximum Gasteiger partial charge on any atom is 0.308 e. The molecule has 1 heterocycles. The smallest absolute Gasteiger partial charge is 0.308 e. The number of carboxylic acid groups (broad SMARTS) is 1. The summed E-state index contributed by atoms with van der Waals surface area (Å²) < 4.78 is 0. The molecule has 4 nitrogen and oxygen atoms in total. The normalized spacial score (nSPS) is 16.3. The molecule has 1 aromatic rings. The van der Waals surface area contributed by atoms with Gasteiger partial charge in [-0.05, 0) is 35.8 Å². The second kappa shape index (κ2) is 5.10. The molecule has 0 bridgehead atoms. The van der Waals surface area contributed by atoms with Gasteiger partial charge in [-0.15, -0.1) is 11.3 Å². The van der Waals surface area contributed by atoms with E-state index in [1.807, 2.05) is 11.4 Å². The number of carbonyl (C=O) groups excluding carboxylic acids is 1. The maximum absolute atomic E-state index is 12.3. The Balaban J connectivity index is 2.05. The minimum Gasteiger partial charge on any atom is -0.481 e. The summed E-state index contributed by atoms with van der Waals surface area (Å²) in [7, 11) is 1.66. The highest BCUT2D eigenvalue weighted by Gasteiger charge is 2.30. The van der Waals surface area contributed by atoms with Crippen molar-refractivity contribution < 1.29 is 14.7 Å². The van der Waals surface area contributed by atoms with Crippen molar-refractivity contribution in [2.45, 2.75) is 25.7 Å². The molecule has 98 valence electrons. The van der Waals surface area contributed by atoms with Crippen LogP contribution in [0.25, 0.3) is 0 Å². The first-order chi connectivity index (χ1) is 8.50. The molecule has 2 rings (SSSR count). The largest absolute Gasteiger partial charge is 0.481 e. The van der Waals surface area contributed by atoms with E-state index in [4.69, 9.17) is 5.11 Å². The van der Waals surface area contributed by atoms with Gasteiger partial charge in [0.1, 0.15) is 0 Å². The van der Waals surface area contributed by atoms with Crippen molar-refractivity contribution in [2.24, 2.45) is 5.92 Å². The fourth-order valence-corrected chi connectivity index (χ4v) is 2.93. The molecule has 0 saturated heterocycles. The molecule has 0 aliphatic heterocycles. The zero-order valence-electron chi connectivity index (χ0n) is 10.5. The Labute approximate surface area is 110 Å². The van der Waals surface area contributed by atoms with Crippen LogP contribution in [0.2, 0.25) is 0 Å². The van der Waals surface area contributed by atoms with Crippen molar-refractivity contribution in [2.75, 3.05) is 13.6 Å². The van der Waals surface area contributed by atoms with Gasteiger partial charge >= 0.3 is 5.97 Å². The summed E-state index contributed by atoms with van der Waals surface area (Å²) in [6.45, 7) is 1.86. The summed E-state index contributed by atoms with van der Waals surface area (Å²) in [5.74, 6) is -0.924. The molecule has 0 aromatic carbocycles. The van der Waals surface area contributed by atoms with E-state index in [1.54, 1.807) is 14.0 Å². The fraction of sp³-hybridized carbons (Fsp3) is 0.538. The third kappa shape index (κ3) is 2.72. The van der Waals surface area contributed by atoms with Crippen molar-refractivity contribution >= 4 is 23.2 Å². The molecule has 1 amide bonds. The number of amides is 1. The van der Waals surface area contributed by atoms with Crippen LogP contribution >= 0.6 is 11.3 Å². The zero-order chi connectivity index (χ0) is 13.3. The van der Waals surface area contributed by atoms with Crippen LogP contribution in [-0.2, 0) is 4.79 Å². The van der Waals surface area contributed by atoms with Crippen molar-refractivity contribution in [1.82, 2.24) is 4.90 Å². The predicted octanol–water partition coefficient (Wildman–Crippen LogP) is 2.42. The third-order valence-electron chi connectivity index (χ3n) is 3.22. The number of aliphatic carboxylic acids is 1. The minimum absolute atomic E-state index is 0.0556. The molecule has 1 aliphatic rings. The monoisotopic (exact) mass is 267 g/mol. The Morgan fingerprint density at radius 1 is 1.56 bits per heavy atom. The summed E-state index contributed by atoms with van der Waals surface area (Å²) >= 11 is 1.45. The average molecular weight is 267 g/mol. The molecule has 1 fully saturated rings. The number of rotatable bonds is 5. The highest BCUT2D eigenvalue weighted by molar-refractivity contribution is 7.12. The van der Waals surface area contributed by atoms with Gasteiger partial charge in [-0.25, -0.2) is 0 Å². The molecular weight excluding hydrogens is 250 g/mol. The quantitative estimate of drug-likeness (QED) is 0.891. The van der Waals surface area contributed by atoms with Crippen LogP contribution in [0.5, 0.6) is 0 Å². The molecule has 18 heavy (non-hydrogen) atoms. The van der Waals surface area contributed by atoms with Gasteiger partial charge in [0.15, 0.2) is 0 Å². The van der Waals surface area contributed by atoms with Crippen LogP contribution in [0.1, 0.15) is 40.9 Å². The van der Waals surface area contributed by atoms with E-state index in [1.165, 1.54) is 16.2 Å². The van der Waals surface area contributed by atoms with E-state index in [-0.39, 0.29) is 12.5 Å². The number of hydrogen-bond donors (Lipinski definition) is 1. The Morgan fingerprint density at radius 2 is 2.22 bits per heavy atom. The summed E-state index contributed by atoms with van der Waals surface area (Å²) in [5, 5.41) is 10.8. The van der Waals surface area contributed by atoms with E-state index < -0.39 is 11.9 Å². The van der Waals surface area contributed by atoms with E-state index in [2.05, 4.69) is 0 Å². The van der Waals surface area contributed by atoms with Gasteiger partial charge in [-0.3, -0.25) is 9.59 Å². The second-order valence-corrected chi connectivity index (χ2v) is 5.82. The SMILES string of the molecule is CC(CN(C)C(=O)c1sccc1C1CC1)C(=O)O. The average Bonchev–Trinajstić information content (AvgIpc) is 3.05. The van der Waals surface area contributed by atoms with Crippen LogP contribution in [-0.4, -0.2) is 35.5 Å². The molecule has 5 heteroatoms. The van der Waals surface area contributed by atoms with E-state index in [0.717, 1.165) is 23.3 Å². The molecule has 1 aliphatic carbocycles. The summed E-state index contributed by atoms with van der Waals surface area (Å²) in [4.78, 5) is 25.3. The lowest BCUT2D eigenvalue weighted by Crippen LogP contribution is -2.33. The molecule has 0 radical (unpaired) electrons. The van der Waals surface area contributed by atoms with Gasteiger partial charge in [0.25, 0.3) is 5.91 Å². The van der Waals surface area contributed by atoms with Crippen LogP contribution < -0.4 is 0 Å². The van der Waals surface area contributed by atoms with Gasteiger partial charge in [0.05, 0.1) is 10.8 Å². The number of carbonyl (C=O) groups is 2. The first kappa shape index (κ1) is 13.1. The first-order valence-corrected chi connectivity index (χ1v) is 6.94. The second-order valence-electron chi connectivity index (χ2n) is 4.90. The van der Waals surface area contributed by atoms with Crippen molar-refractivity contribution in [1.29, 1.82) is 0 Å². The lowest BCUT2D eigenvalue weighted by Gasteiger charge is -2.19. The predicted molar refractivity (Wildman–Crippen MR) is 70.1 cm³/mol. The topological polar surface area (TPSA) is 57.6 Å². The summed E-state index contributed by atoms with van der Waals surface area (Å²) in [5.41, 5.74) is 1.14. The maximum atomic E-state index is 12.3. The lowest BCUT2D eigenvalue weighted by molar-refractivity contribution is -0.141. The number of nitrogens with zero attached hydrogens (tertiary/aromatic N) is 1. The van der Waals surface area contributed by atoms with Crippen LogP contribution in [0.15, 0.2) is 11.4 Å². The van der Waals surface area contributed by atoms with Gasteiger partial charge in [-0.1, -0.05) is 6.92 Å². The summed E-state index contributed by atoms with van der Waals surface area (Å²) in [6, 6.07) is 2.02. The van der Waals surface area contributed by atoms with Gasteiger partial charge in [-0.2, -0.15) is 0 Å². The first-order valence-electron chi connectivity index (χ1n) is 6.06. The van der Waals surface area contributed by atoms with Crippen LogP contribution in [0.4, 0.5) is 0 Å². The number of hydrogen-bond acceptors (Lipinski definition) is 3. The number of carboxylic acids is 1. The van der Waals surface area contributed by atoms with Gasteiger partial charge < -0.3 is 10.0 Å². The fourth-order valence-electron chi connectivity index (χ4n) is 1.95. The highest BCUT2D eigenvalue weighted by Crippen LogP contribution is 2.43. The van der Waals surface area contributed by atoms with Crippen molar-refractivity contribution in [3.05, 3.63) is 21.9 Å². The standard InChI is InChI=1S/C13H17NO3S/c1-8(13(16)17)7-14(2)12(15)11-10(5-6-18-11)9-3-4-9/h5-6,8-9H,3-4,7H2,1-2H3,(H,16,17). The Bertz CT molecular complexity index is 465. The highest BCUT2D eigenvalue weighted by atomic mass is 32.1. The third-order valence-corrected chi connectivity index (χ3v) is 4.14. The van der Waals surface area contributed by atoms with Crippen LogP contribution in [0.3, 0.4) is 0 Å². The minimum atomic E-state index is -0.872. The Hall–Kier alpha value is -1.36. The molecule has 1 atom stereocenters. The van der Waals surface area contributed by atoms with Gasteiger partial charge in [0.2, 0.25) is 0 Å². The van der Waals surface area contributed by atoms with Crippen molar-refractivity contribution in [3.8, 4) is 0 Å². The molecule has 1 unspecified atom stereocenters. The van der Waals surface area contributed by atoms with E-state index in [0.29, 0.717) is 5.92 Å². The zero-order valence-corrected chi connectivity index (χ0v) is 11.4. The van der Waals surface area contributed by atoms with Crippen molar-refractivity contribution in [3.63, 3.8) is 0 Å². The molecule has 1 aromatic heterocycles. The van der Waals surface area contributed by atoms with E-state index >= 15 is 0 Å². The molecular formula is C13H17NO3S. The summed E-state index contributed by atoms with van der Waals surface area (Å²) in [6.07, 6.45) is 2.32. The van der Waals surface area contributed by atoms with E-state index in [9.17, 15) is 9.59 Å². The Morgan fingerprint density at radius 3 is 2.78 bits per heavy atom.